The van der Waals surface area contributed by atoms with Gasteiger partial charge in [-0.2, -0.15) is 5.26 Å². The number of para-hydroxylation sites is 1. The van der Waals surface area contributed by atoms with Crippen LogP contribution >= 0.6 is 23.1 Å². The van der Waals surface area contributed by atoms with E-state index in [0.717, 1.165) is 35.2 Å². The number of nitriles is 1. The lowest BCUT2D eigenvalue weighted by Crippen LogP contribution is -2.18. The van der Waals surface area contributed by atoms with E-state index < -0.39 is 11.7 Å². The molecule has 0 unspecified atom stereocenters. The van der Waals surface area contributed by atoms with Gasteiger partial charge in [0.2, 0.25) is 0 Å². The number of aryl methyl sites for hydroxylation is 4. The van der Waals surface area contributed by atoms with Crippen molar-refractivity contribution in [3.8, 4) is 17.2 Å². The molecule has 0 bridgehead atoms. The third-order valence-corrected chi connectivity index (χ3v) is 9.33. The number of pyridine rings is 1. The molecule has 6 rings (SSSR count). The first-order chi connectivity index (χ1) is 19.8. The van der Waals surface area contributed by atoms with Crippen molar-refractivity contribution in [3.05, 3.63) is 103 Å². The molecule has 1 amide bonds. The maximum atomic E-state index is 14.4. The van der Waals surface area contributed by atoms with Crippen LogP contribution < -0.4 is 10.9 Å². The van der Waals surface area contributed by atoms with Crippen LogP contribution in [0.1, 0.15) is 49.9 Å². The first-order valence-electron chi connectivity index (χ1n) is 13.1. The Morgan fingerprint density at radius 3 is 2.78 bits per heavy atom. The van der Waals surface area contributed by atoms with Crippen LogP contribution in [0.15, 0.2) is 58.4 Å². The number of carbonyl (C=O) groups excluding carboxylic acids is 1. The number of carbonyl (C=O) groups is 1. The lowest BCUT2D eigenvalue weighted by atomic mass is 9.94. The molecule has 2 aromatic carbocycles. The average Bonchev–Trinajstić information content (AvgIpc) is 3.54. The van der Waals surface area contributed by atoms with Crippen LogP contribution in [0.3, 0.4) is 0 Å². The SMILES string of the molecule is Cc1ccccc1NC(=O)c1c(C)nc(SCc2nc3sc4c(c3c(=O)[nH]2)CCC4)c(C#N)c1-c1cccc(F)c1. The number of nitrogens with zero attached hydrogens (tertiary/aromatic N) is 3. The molecule has 0 aliphatic heterocycles. The van der Waals surface area contributed by atoms with E-state index in [1.807, 2.05) is 25.1 Å². The first kappa shape index (κ1) is 26.9. The summed E-state index contributed by atoms with van der Waals surface area (Å²) in [7, 11) is 0. The lowest BCUT2D eigenvalue weighted by molar-refractivity contribution is 0.102. The van der Waals surface area contributed by atoms with Crippen molar-refractivity contribution >= 4 is 44.9 Å². The summed E-state index contributed by atoms with van der Waals surface area (Å²) in [5.41, 5.74) is 3.90. The second kappa shape index (κ2) is 10.9. The minimum Gasteiger partial charge on any atom is -0.322 e. The van der Waals surface area contributed by atoms with Crippen LogP contribution in [-0.4, -0.2) is 20.9 Å². The van der Waals surface area contributed by atoms with Crippen molar-refractivity contribution in [3.63, 3.8) is 0 Å². The van der Waals surface area contributed by atoms with Gasteiger partial charge < -0.3 is 10.3 Å². The third-order valence-electron chi connectivity index (χ3n) is 7.16. The summed E-state index contributed by atoms with van der Waals surface area (Å²) in [5, 5.41) is 14.3. The number of hydrogen-bond donors (Lipinski definition) is 2. The van der Waals surface area contributed by atoms with Crippen LogP contribution in [0, 0.1) is 31.0 Å². The molecule has 7 nitrogen and oxygen atoms in total. The molecule has 0 saturated carbocycles. The minimum absolute atomic E-state index is 0.152. The Kier molecular flexibility index (Phi) is 7.15. The highest BCUT2D eigenvalue weighted by molar-refractivity contribution is 7.98. The molecule has 3 heterocycles. The Morgan fingerprint density at radius 1 is 1.17 bits per heavy atom. The zero-order chi connectivity index (χ0) is 28.7. The molecule has 10 heteroatoms. The normalized spacial score (nSPS) is 12.3. The van der Waals surface area contributed by atoms with Gasteiger partial charge in [-0.05, 0) is 68.0 Å². The largest absolute Gasteiger partial charge is 0.322 e. The smallest absolute Gasteiger partial charge is 0.259 e. The standard InChI is InChI=1S/C31H24FN5O2S2/c1-16-7-3-4-11-22(16)35-28(38)25-17(2)34-30(21(14-33)26(25)18-8-5-9-19(32)13-18)40-15-24-36-29(39)27-20-10-6-12-23(20)41-31(27)37-24/h3-5,7-9,11,13H,6,10,12,15H2,1-2H3,(H,35,38)(H,36,37,39). The summed E-state index contributed by atoms with van der Waals surface area (Å²) in [6.07, 6.45) is 2.93. The van der Waals surface area contributed by atoms with Crippen molar-refractivity contribution < 1.29 is 9.18 Å². The molecule has 1 aliphatic carbocycles. The number of H-pyrrole nitrogens is 1. The fourth-order valence-corrected chi connectivity index (χ4v) is 7.43. The molecule has 0 fully saturated rings. The van der Waals surface area contributed by atoms with E-state index >= 15 is 0 Å². The van der Waals surface area contributed by atoms with Gasteiger partial charge in [0.15, 0.2) is 0 Å². The maximum absolute atomic E-state index is 14.4. The topological polar surface area (TPSA) is 112 Å². The number of amides is 1. The summed E-state index contributed by atoms with van der Waals surface area (Å²) in [5.74, 6) is -0.201. The Bertz CT molecular complexity index is 1960. The monoisotopic (exact) mass is 581 g/mol. The van der Waals surface area contributed by atoms with Gasteiger partial charge in [-0.3, -0.25) is 9.59 Å². The van der Waals surface area contributed by atoms with Gasteiger partial charge in [0.1, 0.15) is 27.6 Å². The third kappa shape index (κ3) is 5.03. The molecule has 0 spiro atoms. The van der Waals surface area contributed by atoms with Crippen molar-refractivity contribution in [2.75, 3.05) is 5.32 Å². The summed E-state index contributed by atoms with van der Waals surface area (Å²) in [6.45, 7) is 3.58. The number of thioether (sulfide) groups is 1. The van der Waals surface area contributed by atoms with Crippen molar-refractivity contribution in [1.82, 2.24) is 15.0 Å². The highest BCUT2D eigenvalue weighted by Crippen LogP contribution is 2.38. The van der Waals surface area contributed by atoms with Gasteiger partial charge in [0.05, 0.1) is 28.0 Å². The molecular formula is C31H24FN5O2S2. The van der Waals surface area contributed by atoms with E-state index in [1.165, 1.54) is 28.8 Å². The molecule has 41 heavy (non-hydrogen) atoms. The van der Waals surface area contributed by atoms with E-state index in [-0.39, 0.29) is 22.4 Å². The Labute approximate surface area is 243 Å². The number of hydrogen-bond acceptors (Lipinski definition) is 7. The molecule has 5 aromatic rings. The van der Waals surface area contributed by atoms with E-state index in [4.69, 9.17) is 4.98 Å². The van der Waals surface area contributed by atoms with E-state index in [2.05, 4.69) is 21.4 Å². The zero-order valence-corrected chi connectivity index (χ0v) is 23.9. The van der Waals surface area contributed by atoms with E-state index in [0.29, 0.717) is 38.7 Å². The van der Waals surface area contributed by atoms with Gasteiger partial charge in [-0.15, -0.1) is 11.3 Å². The summed E-state index contributed by atoms with van der Waals surface area (Å²) >= 11 is 2.81. The number of nitrogens with one attached hydrogen (secondary N) is 2. The van der Waals surface area contributed by atoms with Gasteiger partial charge in [-0.1, -0.05) is 42.1 Å². The number of anilines is 1. The first-order valence-corrected chi connectivity index (χ1v) is 14.9. The van der Waals surface area contributed by atoms with Crippen molar-refractivity contribution in [2.24, 2.45) is 0 Å². The van der Waals surface area contributed by atoms with E-state index in [1.54, 1.807) is 36.5 Å². The van der Waals surface area contributed by atoms with Crippen LogP contribution in [0.4, 0.5) is 10.1 Å². The molecule has 0 radical (unpaired) electrons. The summed E-state index contributed by atoms with van der Waals surface area (Å²) < 4.78 is 14.4. The molecule has 0 saturated heterocycles. The molecule has 3 aromatic heterocycles. The molecule has 1 aliphatic rings. The quantitative estimate of drug-likeness (QED) is 0.216. The zero-order valence-electron chi connectivity index (χ0n) is 22.3. The molecule has 2 N–H and O–H groups in total. The van der Waals surface area contributed by atoms with Gasteiger partial charge in [0.25, 0.3) is 11.5 Å². The molecule has 0 atom stereocenters. The Hall–Kier alpha value is -4.33. The Morgan fingerprint density at radius 2 is 2.00 bits per heavy atom. The lowest BCUT2D eigenvalue weighted by Gasteiger charge is -2.17. The highest BCUT2D eigenvalue weighted by Gasteiger charge is 2.26. The van der Waals surface area contributed by atoms with Crippen LogP contribution in [0.2, 0.25) is 0 Å². The van der Waals surface area contributed by atoms with Crippen molar-refractivity contribution in [1.29, 1.82) is 5.26 Å². The second-order valence-electron chi connectivity index (χ2n) is 9.86. The highest BCUT2D eigenvalue weighted by atomic mass is 32.2. The minimum atomic E-state index is -0.488. The van der Waals surface area contributed by atoms with E-state index in [9.17, 15) is 19.2 Å². The number of benzene rings is 2. The fourth-order valence-electron chi connectivity index (χ4n) is 5.25. The number of fused-ring (bicyclic) bond motifs is 3. The number of aromatic amines is 1. The van der Waals surface area contributed by atoms with Gasteiger partial charge in [0, 0.05) is 16.1 Å². The number of rotatable bonds is 6. The Balaban J connectivity index is 1.41. The maximum Gasteiger partial charge on any atom is 0.259 e. The molecular weight excluding hydrogens is 558 g/mol. The number of thiophene rings is 1. The molecule has 204 valence electrons. The fraction of sp³-hybridized carbons (Fsp3) is 0.194. The van der Waals surface area contributed by atoms with Gasteiger partial charge >= 0.3 is 0 Å². The number of aromatic nitrogens is 3. The predicted octanol–water partition coefficient (Wildman–Crippen LogP) is 6.71. The van der Waals surface area contributed by atoms with Gasteiger partial charge in [-0.25, -0.2) is 14.4 Å². The van der Waals surface area contributed by atoms with Crippen LogP contribution in [0.5, 0.6) is 0 Å². The predicted molar refractivity (Wildman–Crippen MR) is 160 cm³/mol. The summed E-state index contributed by atoms with van der Waals surface area (Å²) in [6, 6.07) is 15.4. The second-order valence-corrected chi connectivity index (χ2v) is 11.9. The number of halogens is 1. The van der Waals surface area contributed by atoms with Crippen LogP contribution in [-0.2, 0) is 18.6 Å². The summed E-state index contributed by atoms with van der Waals surface area (Å²) in [4.78, 5) is 40.8. The average molecular weight is 582 g/mol. The van der Waals surface area contributed by atoms with Crippen molar-refractivity contribution in [2.45, 2.75) is 43.9 Å². The van der Waals surface area contributed by atoms with Crippen LogP contribution in [0.25, 0.3) is 21.3 Å².